The lowest BCUT2D eigenvalue weighted by Gasteiger charge is -2.22. The second-order valence-corrected chi connectivity index (χ2v) is 9.22. The first-order chi connectivity index (χ1) is 13.4. The van der Waals surface area contributed by atoms with E-state index >= 15 is 0 Å². The van der Waals surface area contributed by atoms with Gasteiger partial charge in [0, 0.05) is 18.9 Å². The average molecular weight is 401 g/mol. The van der Waals surface area contributed by atoms with Crippen LogP contribution in [0, 0.1) is 17.2 Å². The van der Waals surface area contributed by atoms with Crippen molar-refractivity contribution in [2.75, 3.05) is 28.3 Å². The predicted octanol–water partition coefficient (Wildman–Crippen LogP) is 1.04. The second-order valence-electron chi connectivity index (χ2n) is 6.92. The minimum atomic E-state index is -2.92. The Labute approximate surface area is 162 Å². The first-order valence-electron chi connectivity index (χ1n) is 9.01. The van der Waals surface area contributed by atoms with Crippen LogP contribution in [-0.4, -0.2) is 52.1 Å². The van der Waals surface area contributed by atoms with Crippen LogP contribution in [0.5, 0.6) is 0 Å². The maximum atomic E-state index is 12.2. The van der Waals surface area contributed by atoms with Crippen LogP contribution in [0.2, 0.25) is 0 Å². The highest BCUT2D eigenvalue weighted by molar-refractivity contribution is 7.91. The lowest BCUT2D eigenvalue weighted by molar-refractivity contribution is -0.119. The Bertz CT molecular complexity index is 1030. The van der Waals surface area contributed by atoms with Gasteiger partial charge in [-0.2, -0.15) is 15.3 Å². The molecule has 0 radical (unpaired) electrons. The quantitative estimate of drug-likeness (QED) is 0.803. The maximum absolute atomic E-state index is 12.2. The van der Waals surface area contributed by atoms with Gasteiger partial charge in [-0.05, 0) is 25.3 Å². The molecule has 2 saturated heterocycles. The molecule has 1 atom stereocenters. The van der Waals surface area contributed by atoms with Crippen LogP contribution in [-0.2, 0) is 14.6 Å². The molecule has 0 saturated carbocycles. The van der Waals surface area contributed by atoms with Crippen molar-refractivity contribution in [1.29, 1.82) is 5.26 Å². The molecule has 1 amide bonds. The number of carbonyl (C=O) groups excluding carboxylic acids is 1. The smallest absolute Gasteiger partial charge is 0.245 e. The van der Waals surface area contributed by atoms with Crippen molar-refractivity contribution in [2.24, 2.45) is 5.92 Å². The van der Waals surface area contributed by atoms with Crippen LogP contribution in [0.1, 0.15) is 25.3 Å². The summed E-state index contributed by atoms with van der Waals surface area (Å²) in [6.07, 6.45) is 6.57. The molecule has 0 unspecified atom stereocenters. The van der Waals surface area contributed by atoms with Crippen molar-refractivity contribution in [3.05, 3.63) is 24.7 Å². The van der Waals surface area contributed by atoms with Crippen molar-refractivity contribution in [3.63, 3.8) is 0 Å². The van der Waals surface area contributed by atoms with Gasteiger partial charge in [-0.15, -0.1) is 0 Å². The van der Waals surface area contributed by atoms with Crippen LogP contribution in [0.25, 0.3) is 0 Å². The highest BCUT2D eigenvalue weighted by atomic mass is 32.2. The van der Waals surface area contributed by atoms with E-state index in [0.717, 1.165) is 0 Å². The summed E-state index contributed by atoms with van der Waals surface area (Å²) in [6.45, 7) is 0.454. The van der Waals surface area contributed by atoms with E-state index in [1.807, 2.05) is 6.07 Å². The topological polar surface area (TPSA) is 134 Å². The first kappa shape index (κ1) is 18.4. The summed E-state index contributed by atoms with van der Waals surface area (Å²) in [5, 5.41) is 16.4. The molecule has 10 nitrogen and oxygen atoms in total. The Hall–Kier alpha value is -3.00. The predicted molar refractivity (Wildman–Crippen MR) is 101 cm³/mol. The third-order valence-corrected chi connectivity index (χ3v) is 6.75. The van der Waals surface area contributed by atoms with E-state index in [4.69, 9.17) is 5.26 Å². The lowest BCUT2D eigenvalue weighted by Crippen LogP contribution is -2.27. The molecule has 4 rings (SSSR count). The molecule has 0 bridgehead atoms. The summed E-state index contributed by atoms with van der Waals surface area (Å²) < 4.78 is 24.9. The van der Waals surface area contributed by atoms with Crippen LogP contribution < -0.4 is 10.2 Å². The van der Waals surface area contributed by atoms with Crippen molar-refractivity contribution in [2.45, 2.75) is 25.3 Å². The van der Waals surface area contributed by atoms with E-state index in [2.05, 4.69) is 20.4 Å². The van der Waals surface area contributed by atoms with Gasteiger partial charge in [0.25, 0.3) is 0 Å². The fourth-order valence-corrected chi connectivity index (χ4v) is 4.93. The largest absolute Gasteiger partial charge is 0.321 e. The number of hydrogen-bond donors (Lipinski definition) is 1. The molecule has 0 spiro atoms. The molecular weight excluding hydrogens is 382 g/mol. The number of nitrogens with zero attached hydrogens (tertiary/aromatic N) is 6. The Kier molecular flexibility index (Phi) is 4.72. The van der Waals surface area contributed by atoms with Crippen LogP contribution in [0.15, 0.2) is 24.7 Å². The number of anilines is 3. The van der Waals surface area contributed by atoms with E-state index in [-0.39, 0.29) is 23.5 Å². The number of nitriles is 1. The summed E-state index contributed by atoms with van der Waals surface area (Å²) >= 11 is 0. The number of rotatable bonds is 4. The molecule has 0 aliphatic carbocycles. The van der Waals surface area contributed by atoms with E-state index < -0.39 is 15.8 Å². The Morgan fingerprint density at radius 2 is 2.04 bits per heavy atom. The van der Waals surface area contributed by atoms with Crippen LogP contribution in [0.4, 0.5) is 17.5 Å². The Balaban J connectivity index is 1.45. The third kappa shape index (κ3) is 3.68. The standard InChI is InChI=1S/C17H19N7O3S/c18-9-12-2-6-23(16(12)25)15-1-5-19-17(22-15)21-13-10-20-24(11-13)14-3-7-28(26,27)8-4-14/h1,5,10-12,14H,2-4,6-8H2,(H,19,21,22)/t12-/m1/s1. The average Bonchev–Trinajstić information content (AvgIpc) is 3.28. The summed E-state index contributed by atoms with van der Waals surface area (Å²) in [7, 11) is -2.92. The SMILES string of the molecule is N#C[C@H]1CCN(c2ccnc(Nc3cnn(C4CCS(=O)(=O)CC4)c3)n2)C1=O. The van der Waals surface area contributed by atoms with Gasteiger partial charge in [0.2, 0.25) is 11.9 Å². The Morgan fingerprint density at radius 1 is 1.25 bits per heavy atom. The van der Waals surface area contributed by atoms with Crippen LogP contribution >= 0.6 is 0 Å². The van der Waals surface area contributed by atoms with Crippen molar-refractivity contribution < 1.29 is 13.2 Å². The number of nitrogens with one attached hydrogen (secondary N) is 1. The van der Waals surface area contributed by atoms with E-state index in [1.54, 1.807) is 29.3 Å². The molecule has 1 N–H and O–H groups in total. The summed E-state index contributed by atoms with van der Waals surface area (Å²) in [4.78, 5) is 22.2. The van der Waals surface area contributed by atoms with E-state index in [1.165, 1.54) is 4.90 Å². The van der Waals surface area contributed by atoms with Gasteiger partial charge in [0.05, 0.1) is 35.5 Å². The summed E-state index contributed by atoms with van der Waals surface area (Å²) in [5.74, 6) is 0.260. The number of amides is 1. The van der Waals surface area contributed by atoms with Gasteiger partial charge in [0.15, 0.2) is 0 Å². The zero-order valence-corrected chi connectivity index (χ0v) is 15.8. The molecule has 2 fully saturated rings. The van der Waals surface area contributed by atoms with Crippen molar-refractivity contribution >= 4 is 33.2 Å². The fraction of sp³-hybridized carbons (Fsp3) is 0.471. The molecule has 2 aromatic rings. The van der Waals surface area contributed by atoms with Crippen molar-refractivity contribution in [1.82, 2.24) is 19.7 Å². The van der Waals surface area contributed by atoms with Gasteiger partial charge in [-0.3, -0.25) is 14.4 Å². The molecule has 28 heavy (non-hydrogen) atoms. The number of aromatic nitrogens is 4. The molecule has 0 aromatic carbocycles. The van der Waals surface area contributed by atoms with E-state index in [9.17, 15) is 13.2 Å². The minimum absolute atomic E-state index is 0.0523. The van der Waals surface area contributed by atoms with Crippen molar-refractivity contribution in [3.8, 4) is 6.07 Å². The second kappa shape index (κ2) is 7.20. The normalized spacial score (nSPS) is 22.2. The van der Waals surface area contributed by atoms with Gasteiger partial charge >= 0.3 is 0 Å². The van der Waals surface area contributed by atoms with E-state index in [0.29, 0.717) is 43.3 Å². The van der Waals surface area contributed by atoms with Gasteiger partial charge in [0.1, 0.15) is 21.6 Å². The zero-order valence-electron chi connectivity index (χ0n) is 15.0. The molecule has 146 valence electrons. The van der Waals surface area contributed by atoms with Gasteiger partial charge < -0.3 is 5.32 Å². The monoisotopic (exact) mass is 401 g/mol. The number of sulfone groups is 1. The molecule has 2 aromatic heterocycles. The lowest BCUT2D eigenvalue weighted by atomic mass is 10.1. The summed E-state index contributed by atoms with van der Waals surface area (Å²) in [6, 6.07) is 3.69. The molecule has 11 heteroatoms. The molecule has 4 heterocycles. The molecule has 2 aliphatic heterocycles. The molecule has 2 aliphatic rings. The molecular formula is C17H19N7O3S. The third-order valence-electron chi connectivity index (χ3n) is 5.03. The Morgan fingerprint density at radius 3 is 2.75 bits per heavy atom. The van der Waals surface area contributed by atoms with Gasteiger partial charge in [-0.25, -0.2) is 13.4 Å². The highest BCUT2D eigenvalue weighted by Gasteiger charge is 2.33. The first-order valence-corrected chi connectivity index (χ1v) is 10.8. The van der Waals surface area contributed by atoms with Crippen LogP contribution in [0.3, 0.4) is 0 Å². The number of carbonyl (C=O) groups is 1. The summed E-state index contributed by atoms with van der Waals surface area (Å²) in [5.41, 5.74) is 0.674. The number of hydrogen-bond acceptors (Lipinski definition) is 8. The highest BCUT2D eigenvalue weighted by Crippen LogP contribution is 2.26. The fourth-order valence-electron chi connectivity index (χ4n) is 3.46. The zero-order chi connectivity index (χ0) is 19.7. The van der Waals surface area contributed by atoms with Gasteiger partial charge in [-0.1, -0.05) is 0 Å². The minimum Gasteiger partial charge on any atom is -0.321 e. The maximum Gasteiger partial charge on any atom is 0.245 e.